The molecule has 2 heterocycles. The third kappa shape index (κ3) is 4.13. The van der Waals surface area contributed by atoms with Crippen LogP contribution in [0, 0.1) is 13.8 Å². The van der Waals surface area contributed by atoms with E-state index in [4.69, 9.17) is 4.98 Å². The Labute approximate surface area is 159 Å². The van der Waals surface area contributed by atoms with Gasteiger partial charge in [-0.1, -0.05) is 0 Å². The summed E-state index contributed by atoms with van der Waals surface area (Å²) in [4.78, 5) is 32.7. The number of rotatable bonds is 5. The predicted octanol–water partition coefficient (Wildman–Crippen LogP) is 1.27. The molecule has 1 fully saturated rings. The first-order valence-electron chi connectivity index (χ1n) is 9.51. The van der Waals surface area contributed by atoms with Gasteiger partial charge >= 0.3 is 0 Å². The molecule has 146 valence electrons. The zero-order valence-electron chi connectivity index (χ0n) is 16.4. The summed E-state index contributed by atoms with van der Waals surface area (Å²) in [5.41, 5.74) is 4.19. The van der Waals surface area contributed by atoms with E-state index in [0.29, 0.717) is 39.0 Å². The number of piperazine rings is 1. The third-order valence-electron chi connectivity index (χ3n) is 5.37. The molecule has 7 heteroatoms. The number of aliphatic hydroxyl groups excluding tert-OH is 1. The lowest BCUT2D eigenvalue weighted by Gasteiger charge is -2.34. The van der Waals surface area contributed by atoms with Crippen LogP contribution >= 0.6 is 0 Å². The van der Waals surface area contributed by atoms with Gasteiger partial charge in [0.15, 0.2) is 0 Å². The number of amides is 2. The second-order valence-electron chi connectivity index (χ2n) is 7.25. The molecule has 1 aliphatic rings. The van der Waals surface area contributed by atoms with Crippen LogP contribution in [0.1, 0.15) is 30.3 Å². The number of aryl methyl sites for hydroxylation is 3. The minimum atomic E-state index is 0.0426. The van der Waals surface area contributed by atoms with Gasteiger partial charge in [-0.15, -0.1) is 0 Å². The Morgan fingerprint density at radius 1 is 1.07 bits per heavy atom. The Balaban J connectivity index is 1.83. The smallest absolute Gasteiger partial charge is 0.242 e. The molecule has 2 amide bonds. The first-order chi connectivity index (χ1) is 12.9. The van der Waals surface area contributed by atoms with Gasteiger partial charge in [0.2, 0.25) is 11.8 Å². The standard InChI is InChI=1S/C20H28N4O3/c1-14-11-17-18(12-15(14)2)24(19(21-17)5-4-10-25)13-20(27)23-8-6-22(7-9-23)16(3)26/h11-12,25H,4-10,13H2,1-3H3. The summed E-state index contributed by atoms with van der Waals surface area (Å²) in [6.07, 6.45) is 1.25. The van der Waals surface area contributed by atoms with Crippen LogP contribution in [0.2, 0.25) is 0 Å². The van der Waals surface area contributed by atoms with Crippen molar-refractivity contribution >= 4 is 22.8 Å². The minimum absolute atomic E-state index is 0.0426. The highest BCUT2D eigenvalue weighted by Gasteiger charge is 2.24. The van der Waals surface area contributed by atoms with Crippen molar-refractivity contribution in [3.8, 4) is 0 Å². The van der Waals surface area contributed by atoms with E-state index in [-0.39, 0.29) is 25.0 Å². The lowest BCUT2D eigenvalue weighted by molar-refractivity contribution is -0.138. The summed E-state index contributed by atoms with van der Waals surface area (Å²) in [5, 5.41) is 9.19. The molecule has 1 N–H and O–H groups in total. The average Bonchev–Trinajstić information content (AvgIpc) is 2.97. The van der Waals surface area contributed by atoms with Crippen molar-refractivity contribution in [2.45, 2.75) is 40.2 Å². The molecule has 1 aromatic heterocycles. The molecule has 0 atom stereocenters. The fraction of sp³-hybridized carbons (Fsp3) is 0.550. The van der Waals surface area contributed by atoms with E-state index in [1.54, 1.807) is 11.8 Å². The first-order valence-corrected chi connectivity index (χ1v) is 9.51. The summed E-state index contributed by atoms with van der Waals surface area (Å²) in [7, 11) is 0. The third-order valence-corrected chi connectivity index (χ3v) is 5.37. The zero-order valence-corrected chi connectivity index (χ0v) is 16.4. The molecule has 0 aliphatic carbocycles. The average molecular weight is 372 g/mol. The van der Waals surface area contributed by atoms with Crippen LogP contribution in [0.25, 0.3) is 11.0 Å². The lowest BCUT2D eigenvalue weighted by Crippen LogP contribution is -2.50. The van der Waals surface area contributed by atoms with E-state index in [1.165, 1.54) is 11.1 Å². The van der Waals surface area contributed by atoms with Gasteiger partial charge in [0.1, 0.15) is 12.4 Å². The van der Waals surface area contributed by atoms with E-state index in [9.17, 15) is 14.7 Å². The molecule has 0 radical (unpaired) electrons. The van der Waals surface area contributed by atoms with Crippen LogP contribution in [0.4, 0.5) is 0 Å². The number of benzene rings is 1. The lowest BCUT2D eigenvalue weighted by atomic mass is 10.1. The van der Waals surface area contributed by atoms with Gasteiger partial charge in [-0.2, -0.15) is 0 Å². The van der Waals surface area contributed by atoms with Gasteiger partial charge in [0.05, 0.1) is 11.0 Å². The van der Waals surface area contributed by atoms with Gasteiger partial charge in [-0.25, -0.2) is 4.98 Å². The Hall–Kier alpha value is -2.41. The number of nitrogens with zero attached hydrogens (tertiary/aromatic N) is 4. The highest BCUT2D eigenvalue weighted by atomic mass is 16.3. The molecule has 0 bridgehead atoms. The fourth-order valence-electron chi connectivity index (χ4n) is 3.54. The van der Waals surface area contributed by atoms with Gasteiger partial charge < -0.3 is 19.5 Å². The monoisotopic (exact) mass is 372 g/mol. The zero-order chi connectivity index (χ0) is 19.6. The van der Waals surface area contributed by atoms with Crippen molar-refractivity contribution in [3.05, 3.63) is 29.1 Å². The van der Waals surface area contributed by atoms with Crippen LogP contribution in [0.15, 0.2) is 12.1 Å². The van der Waals surface area contributed by atoms with Crippen LogP contribution in [-0.2, 0) is 22.6 Å². The van der Waals surface area contributed by atoms with Crippen molar-refractivity contribution in [3.63, 3.8) is 0 Å². The van der Waals surface area contributed by atoms with Crippen molar-refractivity contribution < 1.29 is 14.7 Å². The number of aromatic nitrogens is 2. The molecule has 1 aliphatic heterocycles. The summed E-state index contributed by atoms with van der Waals surface area (Å²) < 4.78 is 1.98. The van der Waals surface area contributed by atoms with E-state index < -0.39 is 0 Å². The van der Waals surface area contributed by atoms with E-state index in [0.717, 1.165) is 16.9 Å². The quantitative estimate of drug-likeness (QED) is 0.857. The largest absolute Gasteiger partial charge is 0.396 e. The SMILES string of the molecule is CC(=O)N1CCN(C(=O)Cn2c(CCCO)nc3cc(C)c(C)cc32)CC1. The maximum absolute atomic E-state index is 12.9. The van der Waals surface area contributed by atoms with Crippen molar-refractivity contribution in [2.75, 3.05) is 32.8 Å². The van der Waals surface area contributed by atoms with Gasteiger partial charge in [-0.3, -0.25) is 9.59 Å². The Bertz CT molecular complexity index is 851. The number of aliphatic hydroxyl groups is 1. The molecule has 2 aromatic rings. The van der Waals surface area contributed by atoms with Crippen LogP contribution in [0.3, 0.4) is 0 Å². The van der Waals surface area contributed by atoms with E-state index in [2.05, 4.69) is 26.0 Å². The second-order valence-corrected chi connectivity index (χ2v) is 7.25. The maximum atomic E-state index is 12.9. The normalized spacial score (nSPS) is 14.8. The predicted molar refractivity (Wildman–Crippen MR) is 103 cm³/mol. The molecule has 3 rings (SSSR count). The number of imidazole rings is 1. The van der Waals surface area contributed by atoms with Gasteiger partial charge in [-0.05, 0) is 43.5 Å². The molecule has 27 heavy (non-hydrogen) atoms. The van der Waals surface area contributed by atoms with Crippen LogP contribution < -0.4 is 0 Å². The Kier molecular flexibility index (Phi) is 5.79. The summed E-state index contributed by atoms with van der Waals surface area (Å²) >= 11 is 0. The van der Waals surface area contributed by atoms with Crippen molar-refractivity contribution in [1.29, 1.82) is 0 Å². The van der Waals surface area contributed by atoms with Gasteiger partial charge in [0.25, 0.3) is 0 Å². The Morgan fingerprint density at radius 3 is 2.33 bits per heavy atom. The number of carbonyl (C=O) groups excluding carboxylic acids is 2. The van der Waals surface area contributed by atoms with E-state index >= 15 is 0 Å². The first kappa shape index (κ1) is 19.4. The minimum Gasteiger partial charge on any atom is -0.396 e. The fourth-order valence-corrected chi connectivity index (χ4v) is 3.54. The number of hydrogen-bond donors (Lipinski definition) is 1. The van der Waals surface area contributed by atoms with E-state index in [1.807, 2.05) is 9.47 Å². The summed E-state index contributed by atoms with van der Waals surface area (Å²) in [6, 6.07) is 4.14. The highest BCUT2D eigenvalue weighted by Crippen LogP contribution is 2.22. The number of carbonyl (C=O) groups is 2. The molecule has 0 spiro atoms. The van der Waals surface area contributed by atoms with Crippen LogP contribution in [-0.4, -0.2) is 69.1 Å². The molecular weight excluding hydrogens is 344 g/mol. The van der Waals surface area contributed by atoms with Gasteiger partial charge in [0, 0.05) is 46.1 Å². The number of fused-ring (bicyclic) bond motifs is 1. The molecule has 0 unspecified atom stereocenters. The van der Waals surface area contributed by atoms with Crippen LogP contribution in [0.5, 0.6) is 0 Å². The maximum Gasteiger partial charge on any atom is 0.242 e. The second kappa shape index (κ2) is 8.08. The van der Waals surface area contributed by atoms with Crippen molar-refractivity contribution in [2.24, 2.45) is 0 Å². The molecule has 1 saturated heterocycles. The molecular formula is C20H28N4O3. The molecule has 7 nitrogen and oxygen atoms in total. The van der Waals surface area contributed by atoms with Crippen molar-refractivity contribution in [1.82, 2.24) is 19.4 Å². The topological polar surface area (TPSA) is 78.7 Å². The Morgan fingerprint density at radius 2 is 1.70 bits per heavy atom. The number of hydrogen-bond acceptors (Lipinski definition) is 4. The highest BCUT2D eigenvalue weighted by molar-refractivity contribution is 5.82. The summed E-state index contributed by atoms with van der Waals surface area (Å²) in [6.45, 7) is 8.31. The summed E-state index contributed by atoms with van der Waals surface area (Å²) in [5.74, 6) is 0.931. The molecule has 0 saturated carbocycles. The molecule has 1 aromatic carbocycles.